The number of anilines is 6. The van der Waals surface area contributed by atoms with E-state index >= 15 is 0 Å². The van der Waals surface area contributed by atoms with Gasteiger partial charge in [-0.3, -0.25) is 0 Å². The number of benzene rings is 10. The van der Waals surface area contributed by atoms with Gasteiger partial charge in [-0.2, -0.15) is 0 Å². The first-order chi connectivity index (χ1) is 30.1. The fourth-order valence-electron chi connectivity index (χ4n) is 10.0. The summed E-state index contributed by atoms with van der Waals surface area (Å²) in [6, 6.07) is 81.3. The lowest BCUT2D eigenvalue weighted by atomic mass is 9.73. The van der Waals surface area contributed by atoms with Gasteiger partial charge in [-0.25, -0.2) is 0 Å². The Hall–Kier alpha value is -7.88. The zero-order valence-corrected chi connectivity index (χ0v) is 33.7. The largest absolute Gasteiger partial charge is 0.454 e. The molecule has 1 aromatic heterocycles. The van der Waals surface area contributed by atoms with E-state index in [1.807, 2.05) is 0 Å². The van der Waals surface area contributed by atoms with Gasteiger partial charge < -0.3 is 14.2 Å². The normalized spacial score (nSPS) is 14.4. The van der Waals surface area contributed by atoms with Crippen LogP contribution in [0.4, 0.5) is 34.1 Å². The van der Waals surface area contributed by atoms with E-state index in [0.717, 1.165) is 56.1 Å². The highest BCUT2D eigenvalue weighted by Crippen LogP contribution is 2.58. The Kier molecular flexibility index (Phi) is 7.98. The zero-order valence-electron chi connectivity index (χ0n) is 33.7. The second-order valence-corrected chi connectivity index (χ2v) is 16.2. The molecular weight excluding hydrogens is 741 g/mol. The van der Waals surface area contributed by atoms with Crippen molar-refractivity contribution in [2.45, 2.75) is 12.3 Å². The smallest absolute Gasteiger partial charge is 0.159 e. The van der Waals surface area contributed by atoms with Crippen LogP contribution in [0, 0.1) is 0 Å². The van der Waals surface area contributed by atoms with Crippen LogP contribution in [-0.4, -0.2) is 0 Å². The minimum atomic E-state index is -0.490. The van der Waals surface area contributed by atoms with Crippen LogP contribution in [0.15, 0.2) is 229 Å². The van der Waals surface area contributed by atoms with Crippen molar-refractivity contribution in [3.63, 3.8) is 0 Å². The summed E-state index contributed by atoms with van der Waals surface area (Å²) in [6.45, 7) is 2.43. The summed E-state index contributed by atoms with van der Waals surface area (Å²) in [5.41, 5.74) is 13.9. The Morgan fingerprint density at radius 1 is 0.377 bits per heavy atom. The van der Waals surface area contributed by atoms with Crippen LogP contribution in [0.2, 0.25) is 0 Å². The number of para-hydroxylation sites is 4. The lowest BCUT2D eigenvalue weighted by molar-refractivity contribution is 0.669. The second kappa shape index (κ2) is 13.9. The lowest BCUT2D eigenvalue weighted by Crippen LogP contribution is -2.25. The van der Waals surface area contributed by atoms with E-state index in [1.54, 1.807) is 0 Å². The third kappa shape index (κ3) is 5.44. The first kappa shape index (κ1) is 35.1. The average molecular weight is 781 g/mol. The molecule has 288 valence electrons. The fourth-order valence-corrected chi connectivity index (χ4v) is 10.0. The van der Waals surface area contributed by atoms with Crippen molar-refractivity contribution in [1.82, 2.24) is 0 Å². The molecule has 0 fully saturated rings. The van der Waals surface area contributed by atoms with Gasteiger partial charge >= 0.3 is 0 Å². The molecule has 1 unspecified atom stereocenters. The highest BCUT2D eigenvalue weighted by atomic mass is 16.3. The quantitative estimate of drug-likeness (QED) is 0.150. The summed E-state index contributed by atoms with van der Waals surface area (Å²) in [5, 5.41) is 7.18. The molecule has 0 N–H and O–H groups in total. The second-order valence-electron chi connectivity index (χ2n) is 16.2. The summed E-state index contributed by atoms with van der Waals surface area (Å²) < 4.78 is 6.87. The van der Waals surface area contributed by atoms with Crippen molar-refractivity contribution in [2.24, 2.45) is 0 Å². The maximum Gasteiger partial charge on any atom is 0.159 e. The summed E-state index contributed by atoms with van der Waals surface area (Å²) >= 11 is 0. The predicted molar refractivity (Wildman–Crippen MR) is 256 cm³/mol. The molecule has 0 spiro atoms. The molecule has 1 heterocycles. The molecule has 0 radical (unpaired) electrons. The van der Waals surface area contributed by atoms with Crippen LogP contribution in [0.3, 0.4) is 0 Å². The van der Waals surface area contributed by atoms with Gasteiger partial charge in [-0.1, -0.05) is 152 Å². The summed E-state index contributed by atoms with van der Waals surface area (Å²) in [7, 11) is 0. The van der Waals surface area contributed by atoms with Crippen LogP contribution >= 0.6 is 0 Å². The number of nitrogens with zero attached hydrogens (tertiary/aromatic N) is 2. The van der Waals surface area contributed by atoms with Crippen LogP contribution in [0.1, 0.15) is 23.6 Å². The summed E-state index contributed by atoms with van der Waals surface area (Å²) in [4.78, 5) is 4.80. The first-order valence-corrected chi connectivity index (χ1v) is 21.0. The molecule has 3 heteroatoms. The molecular formula is C58H40N2O. The van der Waals surface area contributed by atoms with Crippen molar-refractivity contribution < 1.29 is 4.42 Å². The van der Waals surface area contributed by atoms with Gasteiger partial charge in [0.15, 0.2) is 5.58 Å². The lowest BCUT2D eigenvalue weighted by Gasteiger charge is -2.35. The van der Waals surface area contributed by atoms with Gasteiger partial charge in [-0.05, 0) is 129 Å². The van der Waals surface area contributed by atoms with E-state index in [0.29, 0.717) is 0 Å². The Morgan fingerprint density at radius 3 is 1.64 bits per heavy atom. The van der Waals surface area contributed by atoms with Crippen molar-refractivity contribution in [3.8, 4) is 11.1 Å². The zero-order chi connectivity index (χ0) is 40.5. The first-order valence-electron chi connectivity index (χ1n) is 21.0. The molecule has 0 saturated carbocycles. The highest BCUT2D eigenvalue weighted by Gasteiger charge is 2.44. The van der Waals surface area contributed by atoms with Crippen LogP contribution in [-0.2, 0) is 5.41 Å². The van der Waals surface area contributed by atoms with E-state index in [9.17, 15) is 0 Å². The predicted octanol–water partition coefficient (Wildman–Crippen LogP) is 16.2. The molecule has 0 saturated heterocycles. The molecule has 1 aliphatic rings. The van der Waals surface area contributed by atoms with Gasteiger partial charge in [0.1, 0.15) is 5.58 Å². The average Bonchev–Trinajstić information content (AvgIpc) is 3.83. The van der Waals surface area contributed by atoms with Crippen molar-refractivity contribution in [3.05, 3.63) is 241 Å². The van der Waals surface area contributed by atoms with Crippen molar-refractivity contribution in [2.75, 3.05) is 9.80 Å². The monoisotopic (exact) mass is 780 g/mol. The Bertz CT molecular complexity index is 3390. The summed E-state index contributed by atoms with van der Waals surface area (Å²) in [5.74, 6) is 0. The van der Waals surface area contributed by atoms with Crippen LogP contribution < -0.4 is 9.80 Å². The maximum absolute atomic E-state index is 6.87. The molecule has 0 bridgehead atoms. The van der Waals surface area contributed by atoms with E-state index < -0.39 is 5.41 Å². The Labute approximate surface area is 355 Å². The molecule has 1 aliphatic carbocycles. The molecule has 1 atom stereocenters. The fraction of sp³-hybridized carbons (Fsp3) is 0.0345. The van der Waals surface area contributed by atoms with Gasteiger partial charge in [0.05, 0.1) is 11.4 Å². The van der Waals surface area contributed by atoms with E-state index in [1.165, 1.54) is 49.4 Å². The van der Waals surface area contributed by atoms with Crippen molar-refractivity contribution in [1.29, 1.82) is 0 Å². The molecule has 61 heavy (non-hydrogen) atoms. The number of hydrogen-bond donors (Lipinski definition) is 0. The third-order valence-electron chi connectivity index (χ3n) is 12.8. The molecule has 0 aliphatic heterocycles. The number of furan rings is 1. The number of hydrogen-bond acceptors (Lipinski definition) is 3. The van der Waals surface area contributed by atoms with Crippen LogP contribution in [0.5, 0.6) is 0 Å². The molecule has 0 amide bonds. The summed E-state index contributed by atoms with van der Waals surface area (Å²) in [6.07, 6.45) is 0. The van der Waals surface area contributed by atoms with Gasteiger partial charge in [-0.15, -0.1) is 0 Å². The van der Waals surface area contributed by atoms with Crippen molar-refractivity contribution >= 4 is 77.6 Å². The highest BCUT2D eigenvalue weighted by molar-refractivity contribution is 6.13. The maximum atomic E-state index is 6.87. The molecule has 3 nitrogen and oxygen atoms in total. The number of rotatable bonds is 7. The molecule has 10 aromatic carbocycles. The van der Waals surface area contributed by atoms with Gasteiger partial charge in [0.25, 0.3) is 0 Å². The Balaban J connectivity index is 1.18. The molecule has 11 aromatic rings. The molecule has 12 rings (SSSR count). The standard InChI is InChI=1S/C58H40N2O/c1-58(41-20-6-2-7-21-41)52-38-49-40(34-33-39-19-14-15-28-46(39)49)35-50(52)48-30-18-31-53(56(48)58)60(44-26-12-5-13-27-44)45-36-51-47-29-16-17-32-55(47)61-57(51)54(37-45)59(42-22-8-3-9-23-42)43-24-10-4-11-25-43/h2-38H,1H3. The van der Waals surface area contributed by atoms with E-state index in [2.05, 4.69) is 241 Å². The van der Waals surface area contributed by atoms with E-state index in [-0.39, 0.29) is 0 Å². The van der Waals surface area contributed by atoms with Gasteiger partial charge in [0, 0.05) is 38.9 Å². The minimum absolute atomic E-state index is 0.490. The van der Waals surface area contributed by atoms with E-state index in [4.69, 9.17) is 4.42 Å². The topological polar surface area (TPSA) is 19.6 Å². The SMILES string of the molecule is CC1(c2ccccc2)c2cc3c(ccc4ccccc43)cc2-c2cccc(N(c3ccccc3)c3cc(N(c4ccccc4)c4ccccc4)c4oc5ccccc5c4c3)c21. The number of fused-ring (bicyclic) bond motifs is 9. The Morgan fingerprint density at radius 2 is 0.951 bits per heavy atom. The minimum Gasteiger partial charge on any atom is -0.454 e. The van der Waals surface area contributed by atoms with Crippen LogP contribution in [0.25, 0.3) is 54.6 Å². The van der Waals surface area contributed by atoms with Gasteiger partial charge in [0.2, 0.25) is 0 Å². The third-order valence-corrected chi connectivity index (χ3v) is 12.8.